The zero-order chi connectivity index (χ0) is 33.9. The number of aromatic nitrogens is 2. The molecule has 4 heterocycles. The number of hydrogen-bond donors (Lipinski definition) is 0. The number of nitrogens with zero attached hydrogens (tertiary/aromatic N) is 6. The average Bonchev–Trinajstić information content (AvgIpc) is 3.05. The fraction of sp³-hybridized carbons (Fsp3) is 0.286. The molecule has 0 radical (unpaired) electrons. The summed E-state index contributed by atoms with van der Waals surface area (Å²) in [6.45, 7) is 9.34. The van der Waals surface area contributed by atoms with Crippen molar-refractivity contribution in [1.29, 1.82) is 5.26 Å². The maximum Gasteiger partial charge on any atom is 0.282 e. The van der Waals surface area contributed by atoms with Crippen molar-refractivity contribution in [3.8, 4) is 28.8 Å². The van der Waals surface area contributed by atoms with Gasteiger partial charge in [0.15, 0.2) is 11.5 Å². The van der Waals surface area contributed by atoms with Crippen LogP contribution in [0.3, 0.4) is 0 Å². The first kappa shape index (κ1) is 31.4. The van der Waals surface area contributed by atoms with Gasteiger partial charge in [-0.25, -0.2) is 13.8 Å². The fourth-order valence-electron chi connectivity index (χ4n) is 6.69. The number of methoxy groups -OCH3 is 1. The molecule has 47 heavy (non-hydrogen) atoms. The first-order valence-corrected chi connectivity index (χ1v) is 15.1. The molecular weight excluding hydrogens is 606 g/mol. The summed E-state index contributed by atoms with van der Waals surface area (Å²) < 4.78 is 38.3. The fourth-order valence-corrected chi connectivity index (χ4v) is 6.69. The molecule has 12 heteroatoms. The number of nitriles is 1. The summed E-state index contributed by atoms with van der Waals surface area (Å²) in [5.41, 5.74) is -0.106. The van der Waals surface area contributed by atoms with E-state index in [0.717, 1.165) is 6.07 Å². The Hall–Kier alpha value is -5.57. The zero-order valence-corrected chi connectivity index (χ0v) is 26.5. The number of hydrogen-bond acceptors (Lipinski definition) is 7. The number of piperazine rings is 1. The number of fused-ring (bicyclic) bond motifs is 5. The highest BCUT2D eigenvalue weighted by molar-refractivity contribution is 6.12. The zero-order valence-electron chi connectivity index (χ0n) is 26.5. The van der Waals surface area contributed by atoms with E-state index in [0.29, 0.717) is 5.56 Å². The van der Waals surface area contributed by atoms with Crippen molar-refractivity contribution in [2.45, 2.75) is 38.8 Å². The van der Waals surface area contributed by atoms with Crippen LogP contribution >= 0.6 is 0 Å². The number of benzene rings is 2. The third kappa shape index (κ3) is 4.72. The average molecular weight is 639 g/mol. The van der Waals surface area contributed by atoms with E-state index in [1.54, 1.807) is 23.1 Å². The van der Waals surface area contributed by atoms with Gasteiger partial charge in [0.25, 0.3) is 11.5 Å². The Kier molecular flexibility index (Phi) is 7.79. The van der Waals surface area contributed by atoms with E-state index in [-0.39, 0.29) is 69.9 Å². The van der Waals surface area contributed by atoms with E-state index in [2.05, 4.69) is 17.6 Å². The summed E-state index contributed by atoms with van der Waals surface area (Å²) in [4.78, 5) is 50.6. The Morgan fingerprint density at radius 1 is 1.11 bits per heavy atom. The third-order valence-electron chi connectivity index (χ3n) is 8.95. The van der Waals surface area contributed by atoms with Crippen LogP contribution in [0.1, 0.15) is 37.8 Å². The molecule has 2 atom stereocenters. The van der Waals surface area contributed by atoms with Gasteiger partial charge in [0, 0.05) is 25.0 Å². The maximum absolute atomic E-state index is 16.4. The minimum atomic E-state index is -0.893. The largest absolute Gasteiger partial charge is 0.496 e. The molecule has 0 aliphatic carbocycles. The second-order valence-electron chi connectivity index (χ2n) is 12.0. The molecule has 0 saturated carbocycles. The van der Waals surface area contributed by atoms with Crippen LogP contribution in [0.15, 0.2) is 59.9 Å². The Balaban J connectivity index is 1.78. The molecule has 0 unspecified atom stereocenters. The molecule has 2 aliphatic rings. The van der Waals surface area contributed by atoms with Crippen LogP contribution in [-0.2, 0) is 9.59 Å². The molecule has 1 saturated heterocycles. The molecule has 4 aromatic rings. The predicted molar refractivity (Wildman–Crippen MR) is 174 cm³/mol. The standard InChI is InChI=1S/C35H32F2N6O4/c1-7-27(44)41-17-25-34(45)40(5)32-31(42(25)16-19(41)4)22-14-24(37)29(28-23(36)12-9-13-26(28)47-6)39-33(22)43(35(32)46)30-20(15-38)10-8-11-21(30)18(2)3/h7-14,18-19,25H,1,16-17H2,2-6H3/t19-,25-/m1/s1. The van der Waals surface area contributed by atoms with Crippen molar-refractivity contribution in [2.24, 2.45) is 0 Å². The number of ether oxygens (including phenoxy) is 1. The predicted octanol–water partition coefficient (Wildman–Crippen LogP) is 4.90. The van der Waals surface area contributed by atoms with Gasteiger partial charge in [-0.1, -0.05) is 38.6 Å². The molecular formula is C35H32F2N6O4. The smallest absolute Gasteiger partial charge is 0.282 e. The van der Waals surface area contributed by atoms with Gasteiger partial charge >= 0.3 is 0 Å². The molecule has 0 bridgehead atoms. The Labute approximate surface area is 269 Å². The Morgan fingerprint density at radius 2 is 1.83 bits per heavy atom. The van der Waals surface area contributed by atoms with Crippen molar-refractivity contribution in [3.05, 3.63) is 88.2 Å². The number of para-hydroxylation sites is 1. The molecule has 2 amide bonds. The van der Waals surface area contributed by atoms with Crippen LogP contribution in [0, 0.1) is 23.0 Å². The maximum atomic E-state index is 16.4. The van der Waals surface area contributed by atoms with Gasteiger partial charge in [0.2, 0.25) is 5.91 Å². The monoisotopic (exact) mass is 638 g/mol. The summed E-state index contributed by atoms with van der Waals surface area (Å²) in [7, 11) is 2.78. The van der Waals surface area contributed by atoms with Gasteiger partial charge < -0.3 is 19.4 Å². The van der Waals surface area contributed by atoms with E-state index in [4.69, 9.17) is 4.74 Å². The number of rotatable bonds is 5. The molecule has 6 rings (SSSR count). The molecule has 0 spiro atoms. The molecule has 2 aromatic heterocycles. The number of likely N-dealkylation sites (N-methyl/N-ethyl adjacent to an activating group) is 1. The van der Waals surface area contributed by atoms with Gasteiger partial charge in [0.05, 0.1) is 36.2 Å². The van der Waals surface area contributed by atoms with Crippen molar-refractivity contribution in [3.63, 3.8) is 0 Å². The number of pyridine rings is 2. The lowest BCUT2D eigenvalue weighted by molar-refractivity contribution is -0.130. The van der Waals surface area contributed by atoms with Crippen LogP contribution in [0.4, 0.5) is 20.2 Å². The van der Waals surface area contributed by atoms with Crippen LogP contribution in [0.5, 0.6) is 5.75 Å². The first-order valence-electron chi connectivity index (χ1n) is 15.1. The first-order chi connectivity index (χ1) is 22.4. The molecule has 240 valence electrons. The van der Waals surface area contributed by atoms with Crippen molar-refractivity contribution in [1.82, 2.24) is 14.5 Å². The van der Waals surface area contributed by atoms with Gasteiger partial charge in [0.1, 0.15) is 35.1 Å². The van der Waals surface area contributed by atoms with E-state index >= 15 is 8.78 Å². The number of carbonyl (C=O) groups is 2. The van der Waals surface area contributed by atoms with Crippen LogP contribution in [0.2, 0.25) is 0 Å². The molecule has 1 fully saturated rings. The van der Waals surface area contributed by atoms with E-state index in [9.17, 15) is 19.6 Å². The number of carbonyl (C=O) groups excluding carboxylic acids is 2. The van der Waals surface area contributed by atoms with E-state index in [1.807, 2.05) is 20.8 Å². The lowest BCUT2D eigenvalue weighted by Gasteiger charge is -2.49. The highest BCUT2D eigenvalue weighted by Gasteiger charge is 2.46. The summed E-state index contributed by atoms with van der Waals surface area (Å²) in [6.07, 6.45) is 1.18. The van der Waals surface area contributed by atoms with Crippen molar-refractivity contribution < 1.29 is 23.1 Å². The van der Waals surface area contributed by atoms with Crippen LogP contribution in [0.25, 0.3) is 28.0 Å². The molecule has 10 nitrogen and oxygen atoms in total. The van der Waals surface area contributed by atoms with Crippen molar-refractivity contribution in [2.75, 3.05) is 37.0 Å². The molecule has 0 N–H and O–H groups in total. The van der Waals surface area contributed by atoms with Gasteiger partial charge in [-0.2, -0.15) is 5.26 Å². The van der Waals surface area contributed by atoms with Crippen molar-refractivity contribution >= 4 is 34.2 Å². The van der Waals surface area contributed by atoms with Gasteiger partial charge in [-0.05, 0) is 48.7 Å². The third-order valence-corrected chi connectivity index (χ3v) is 8.95. The number of amides is 2. The Bertz CT molecular complexity index is 2100. The highest BCUT2D eigenvalue weighted by Crippen LogP contribution is 2.44. The number of halogens is 2. The second kappa shape index (κ2) is 11.7. The minimum Gasteiger partial charge on any atom is -0.496 e. The van der Waals surface area contributed by atoms with Gasteiger partial charge in [-0.15, -0.1) is 0 Å². The number of anilines is 2. The second-order valence-corrected chi connectivity index (χ2v) is 12.0. The summed E-state index contributed by atoms with van der Waals surface area (Å²) in [5, 5.41) is 10.4. The lowest BCUT2D eigenvalue weighted by Crippen LogP contribution is -2.66. The van der Waals surface area contributed by atoms with E-state index in [1.165, 1.54) is 52.8 Å². The lowest BCUT2D eigenvalue weighted by atomic mass is 9.96. The van der Waals surface area contributed by atoms with Gasteiger partial charge in [-0.3, -0.25) is 19.0 Å². The summed E-state index contributed by atoms with van der Waals surface area (Å²) in [6, 6.07) is 11.1. The van der Waals surface area contributed by atoms with Crippen LogP contribution in [-0.4, -0.2) is 65.6 Å². The molecule has 2 aromatic carbocycles. The Morgan fingerprint density at radius 3 is 2.49 bits per heavy atom. The minimum absolute atomic E-state index is 0.00833. The van der Waals surface area contributed by atoms with E-state index < -0.39 is 40.9 Å². The molecule has 2 aliphatic heterocycles. The normalized spacial score (nSPS) is 17.4. The highest BCUT2D eigenvalue weighted by atomic mass is 19.1. The summed E-state index contributed by atoms with van der Waals surface area (Å²) in [5.74, 6) is -2.59. The quantitative estimate of drug-likeness (QED) is 0.286. The topological polar surface area (TPSA) is 112 Å². The SMILES string of the molecule is C=CC(=O)N1C[C@@H]2C(=O)N(C)c3c(c4cc(F)c(-c5c(F)cccc5OC)nc4n(-c4c(C#N)cccc4C(C)C)c3=O)N2C[C@H]1C. The summed E-state index contributed by atoms with van der Waals surface area (Å²) >= 11 is 0. The van der Waals surface area contributed by atoms with Crippen LogP contribution < -0.4 is 20.1 Å².